The Morgan fingerprint density at radius 3 is 2.47 bits per heavy atom. The molecule has 2 unspecified atom stereocenters. The van der Waals surface area contributed by atoms with Gasteiger partial charge in [-0.3, -0.25) is 4.79 Å². The summed E-state index contributed by atoms with van der Waals surface area (Å²) in [5.74, 6) is 0.713. The Morgan fingerprint density at radius 1 is 1.47 bits per heavy atom. The van der Waals surface area contributed by atoms with Gasteiger partial charge in [-0.15, -0.1) is 0 Å². The summed E-state index contributed by atoms with van der Waals surface area (Å²) < 4.78 is 5.05. The lowest BCUT2D eigenvalue weighted by molar-refractivity contribution is -0.120. The second kappa shape index (κ2) is 4.79. The van der Waals surface area contributed by atoms with Gasteiger partial charge in [-0.05, 0) is 27.7 Å². The zero-order chi connectivity index (χ0) is 11.6. The van der Waals surface area contributed by atoms with E-state index in [1.54, 1.807) is 6.92 Å². The molecule has 1 aromatic rings. The van der Waals surface area contributed by atoms with Crippen molar-refractivity contribution in [2.45, 2.75) is 38.6 Å². The zero-order valence-electron chi connectivity index (χ0n) is 9.30. The molecule has 1 heterocycles. The Kier molecular flexibility index (Phi) is 3.90. The summed E-state index contributed by atoms with van der Waals surface area (Å²) >= 11 is 3.22. The average Bonchev–Trinajstić information content (AvgIpc) is 2.45. The topological polar surface area (TPSA) is 55.1 Å². The van der Waals surface area contributed by atoms with Gasteiger partial charge in [0, 0.05) is 5.56 Å². The number of carbonyl (C=O) groups excluding carboxylic acids is 1. The van der Waals surface area contributed by atoms with Crippen molar-refractivity contribution >= 4 is 21.8 Å². The van der Waals surface area contributed by atoms with Crippen LogP contribution in [0.1, 0.15) is 36.9 Å². The summed E-state index contributed by atoms with van der Waals surface area (Å²) in [5, 5.41) is 6.73. The lowest BCUT2D eigenvalue weighted by Gasteiger charge is -2.14. The van der Waals surface area contributed by atoms with Crippen molar-refractivity contribution < 1.29 is 9.32 Å². The number of nitrogens with zero attached hydrogens (tertiary/aromatic N) is 1. The third-order valence-electron chi connectivity index (χ3n) is 2.24. The van der Waals surface area contributed by atoms with Gasteiger partial charge in [0.1, 0.15) is 5.76 Å². The van der Waals surface area contributed by atoms with Gasteiger partial charge < -0.3 is 9.84 Å². The number of aromatic nitrogens is 1. The minimum absolute atomic E-state index is 0.0394. The van der Waals surface area contributed by atoms with Crippen LogP contribution >= 0.6 is 15.9 Å². The Bertz CT molecular complexity index is 341. The molecule has 1 rings (SSSR count). The molecule has 1 amide bonds. The Hall–Kier alpha value is -0.840. The highest BCUT2D eigenvalue weighted by Gasteiger charge is 2.19. The number of amides is 1. The van der Waals surface area contributed by atoms with Gasteiger partial charge in [-0.2, -0.15) is 0 Å². The second-order valence-electron chi connectivity index (χ2n) is 3.58. The first-order valence-electron chi connectivity index (χ1n) is 4.80. The molecule has 0 bridgehead atoms. The highest BCUT2D eigenvalue weighted by Crippen LogP contribution is 2.21. The SMILES string of the molecule is Cc1noc(C)c1C(C)NC(=O)C(C)Br. The van der Waals surface area contributed by atoms with Gasteiger partial charge in [0.05, 0.1) is 16.6 Å². The third-order valence-corrected chi connectivity index (χ3v) is 2.66. The van der Waals surface area contributed by atoms with Gasteiger partial charge in [0.15, 0.2) is 0 Å². The van der Waals surface area contributed by atoms with Crippen LogP contribution in [0.5, 0.6) is 0 Å². The van der Waals surface area contributed by atoms with Crippen LogP contribution in [0, 0.1) is 13.8 Å². The number of rotatable bonds is 3. The summed E-state index contributed by atoms with van der Waals surface area (Å²) in [6.07, 6.45) is 0. The standard InChI is InChI=1S/C10H15BrN2O2/c1-5(11)10(14)12-6(2)9-7(3)13-15-8(9)4/h5-6H,1-4H3,(H,12,14). The van der Waals surface area contributed by atoms with E-state index < -0.39 is 0 Å². The van der Waals surface area contributed by atoms with E-state index in [1.807, 2.05) is 20.8 Å². The summed E-state index contributed by atoms with van der Waals surface area (Å²) in [7, 11) is 0. The monoisotopic (exact) mass is 274 g/mol. The second-order valence-corrected chi connectivity index (χ2v) is 4.96. The molecular formula is C10H15BrN2O2. The Balaban J connectivity index is 2.77. The first-order chi connectivity index (χ1) is 6.93. The van der Waals surface area contributed by atoms with Crippen molar-refractivity contribution in [2.75, 3.05) is 0 Å². The molecule has 0 aliphatic carbocycles. The maximum atomic E-state index is 11.5. The molecule has 5 heteroatoms. The van der Waals surface area contributed by atoms with Crippen molar-refractivity contribution in [3.8, 4) is 0 Å². The van der Waals surface area contributed by atoms with Crippen molar-refractivity contribution in [2.24, 2.45) is 0 Å². The first-order valence-corrected chi connectivity index (χ1v) is 5.72. The van der Waals surface area contributed by atoms with Crippen LogP contribution in [0.25, 0.3) is 0 Å². The van der Waals surface area contributed by atoms with Crippen LogP contribution in [0.2, 0.25) is 0 Å². The summed E-state index contributed by atoms with van der Waals surface area (Å²) in [6, 6.07) is -0.0799. The van der Waals surface area contributed by atoms with Crippen LogP contribution < -0.4 is 5.32 Å². The van der Waals surface area contributed by atoms with E-state index >= 15 is 0 Å². The van der Waals surface area contributed by atoms with E-state index in [2.05, 4.69) is 26.4 Å². The predicted octanol–water partition coefficient (Wildman–Crippen LogP) is 2.25. The van der Waals surface area contributed by atoms with Crippen LogP contribution in [-0.4, -0.2) is 15.9 Å². The Morgan fingerprint density at radius 2 is 2.07 bits per heavy atom. The predicted molar refractivity (Wildman–Crippen MR) is 60.9 cm³/mol. The first kappa shape index (κ1) is 12.2. The van der Waals surface area contributed by atoms with E-state index in [-0.39, 0.29) is 16.8 Å². The number of aryl methyl sites for hydroxylation is 2. The van der Waals surface area contributed by atoms with Crippen molar-refractivity contribution in [1.82, 2.24) is 10.5 Å². The summed E-state index contributed by atoms with van der Waals surface area (Å²) in [6.45, 7) is 7.41. The van der Waals surface area contributed by atoms with E-state index in [0.29, 0.717) is 0 Å². The zero-order valence-corrected chi connectivity index (χ0v) is 10.9. The van der Waals surface area contributed by atoms with Crippen molar-refractivity contribution in [1.29, 1.82) is 0 Å². The lowest BCUT2D eigenvalue weighted by Crippen LogP contribution is -2.32. The normalized spacial score (nSPS) is 14.7. The molecule has 1 aromatic heterocycles. The van der Waals surface area contributed by atoms with E-state index in [9.17, 15) is 4.79 Å². The summed E-state index contributed by atoms with van der Waals surface area (Å²) in [5.41, 5.74) is 1.78. The van der Waals surface area contributed by atoms with Gasteiger partial charge in [-0.25, -0.2) is 0 Å². The molecule has 0 radical (unpaired) electrons. The van der Waals surface area contributed by atoms with Crippen LogP contribution in [0.15, 0.2) is 4.52 Å². The fourth-order valence-electron chi connectivity index (χ4n) is 1.51. The molecule has 0 fully saturated rings. The fraction of sp³-hybridized carbons (Fsp3) is 0.600. The molecule has 0 spiro atoms. The fourth-order valence-corrected chi connectivity index (χ4v) is 1.64. The lowest BCUT2D eigenvalue weighted by atomic mass is 10.1. The quantitative estimate of drug-likeness (QED) is 0.861. The molecule has 4 nitrogen and oxygen atoms in total. The van der Waals surface area contributed by atoms with Crippen molar-refractivity contribution in [3.63, 3.8) is 0 Å². The maximum Gasteiger partial charge on any atom is 0.233 e. The molecule has 1 N–H and O–H groups in total. The molecule has 0 saturated carbocycles. The minimum atomic E-state index is -0.194. The van der Waals surface area contributed by atoms with Gasteiger partial charge in [-0.1, -0.05) is 21.1 Å². The van der Waals surface area contributed by atoms with E-state index in [4.69, 9.17) is 4.52 Å². The van der Waals surface area contributed by atoms with Gasteiger partial charge >= 0.3 is 0 Å². The maximum absolute atomic E-state index is 11.5. The average molecular weight is 275 g/mol. The van der Waals surface area contributed by atoms with Gasteiger partial charge in [0.25, 0.3) is 0 Å². The minimum Gasteiger partial charge on any atom is -0.361 e. The number of nitrogens with one attached hydrogen (secondary N) is 1. The number of alkyl halides is 1. The number of hydrogen-bond acceptors (Lipinski definition) is 3. The smallest absolute Gasteiger partial charge is 0.233 e. The third kappa shape index (κ3) is 2.81. The van der Waals surface area contributed by atoms with Crippen LogP contribution in [0.4, 0.5) is 0 Å². The molecule has 0 aromatic carbocycles. The molecule has 84 valence electrons. The molecule has 2 atom stereocenters. The summed E-state index contributed by atoms with van der Waals surface area (Å²) in [4.78, 5) is 11.3. The number of carbonyl (C=O) groups is 1. The highest BCUT2D eigenvalue weighted by molar-refractivity contribution is 9.10. The largest absolute Gasteiger partial charge is 0.361 e. The molecule has 15 heavy (non-hydrogen) atoms. The molecule has 0 aliphatic heterocycles. The Labute approximate surface area is 97.5 Å². The molecule has 0 aliphatic rings. The van der Waals surface area contributed by atoms with E-state index in [0.717, 1.165) is 17.0 Å². The number of hydrogen-bond donors (Lipinski definition) is 1. The number of halogens is 1. The molecular weight excluding hydrogens is 260 g/mol. The van der Waals surface area contributed by atoms with E-state index in [1.165, 1.54) is 0 Å². The van der Waals surface area contributed by atoms with Crippen molar-refractivity contribution in [3.05, 3.63) is 17.0 Å². The van der Waals surface area contributed by atoms with Crippen LogP contribution in [0.3, 0.4) is 0 Å². The van der Waals surface area contributed by atoms with Gasteiger partial charge in [0.2, 0.25) is 5.91 Å². The van der Waals surface area contributed by atoms with Crippen LogP contribution in [-0.2, 0) is 4.79 Å². The highest BCUT2D eigenvalue weighted by atomic mass is 79.9. The molecule has 0 saturated heterocycles.